The molecule has 2 aromatic rings. The number of hydrogen-bond donors (Lipinski definition) is 2. The fourth-order valence-corrected chi connectivity index (χ4v) is 1.80. The van der Waals surface area contributed by atoms with Crippen molar-refractivity contribution in [3.63, 3.8) is 0 Å². The van der Waals surface area contributed by atoms with E-state index >= 15 is 0 Å². The van der Waals surface area contributed by atoms with Crippen LogP contribution in [0.3, 0.4) is 0 Å². The normalized spacial score (nSPS) is 12.2. The molecule has 2 N–H and O–H groups in total. The van der Waals surface area contributed by atoms with Crippen LogP contribution in [0.4, 0.5) is 5.69 Å². The number of phenols is 1. The summed E-state index contributed by atoms with van der Waals surface area (Å²) in [5.74, 6) is 0.203. The molecule has 2 rings (SSSR count). The van der Waals surface area contributed by atoms with Gasteiger partial charge < -0.3 is 15.1 Å². The molecule has 1 atom stereocenters. The van der Waals surface area contributed by atoms with E-state index in [0.29, 0.717) is 0 Å². The maximum absolute atomic E-state index is 10.2. The van der Waals surface area contributed by atoms with Crippen molar-refractivity contribution in [2.75, 3.05) is 19.0 Å². The monoisotopic (exact) mass is 243 g/mol. The number of aliphatic hydroxyl groups is 1. The van der Waals surface area contributed by atoms with Crippen LogP contribution in [0.1, 0.15) is 17.2 Å². The molecule has 0 amide bonds. The zero-order chi connectivity index (χ0) is 13.1. The van der Waals surface area contributed by atoms with Crippen LogP contribution in [0.15, 0.2) is 48.5 Å². The highest BCUT2D eigenvalue weighted by molar-refractivity contribution is 5.47. The van der Waals surface area contributed by atoms with Gasteiger partial charge in [0.1, 0.15) is 11.9 Å². The quantitative estimate of drug-likeness (QED) is 0.870. The van der Waals surface area contributed by atoms with E-state index in [1.807, 2.05) is 43.3 Å². The molecular formula is C15H17NO2. The Bertz CT molecular complexity index is 503. The molecule has 0 aliphatic carbocycles. The number of aromatic hydroxyl groups is 1. The van der Waals surface area contributed by atoms with Crippen LogP contribution < -0.4 is 4.90 Å². The number of phenolic OH excluding ortho intramolecular Hbond substituents is 1. The first-order valence-corrected chi connectivity index (χ1v) is 5.82. The summed E-state index contributed by atoms with van der Waals surface area (Å²) >= 11 is 0. The first-order chi connectivity index (χ1) is 8.58. The summed E-state index contributed by atoms with van der Waals surface area (Å²) in [7, 11) is 3.96. The lowest BCUT2D eigenvalue weighted by molar-refractivity contribution is 0.220. The Balaban J connectivity index is 2.23. The molecule has 3 nitrogen and oxygen atoms in total. The van der Waals surface area contributed by atoms with Crippen molar-refractivity contribution in [1.82, 2.24) is 0 Å². The Morgan fingerprint density at radius 2 is 1.28 bits per heavy atom. The van der Waals surface area contributed by atoms with Gasteiger partial charge in [0.05, 0.1) is 0 Å². The van der Waals surface area contributed by atoms with Crippen LogP contribution in [0.2, 0.25) is 0 Å². The minimum Gasteiger partial charge on any atom is -0.508 e. The lowest BCUT2D eigenvalue weighted by Gasteiger charge is -2.15. The third-order valence-electron chi connectivity index (χ3n) is 2.93. The molecule has 0 radical (unpaired) electrons. The predicted octanol–water partition coefficient (Wildman–Crippen LogP) is 2.54. The van der Waals surface area contributed by atoms with Gasteiger partial charge in [-0.2, -0.15) is 0 Å². The summed E-state index contributed by atoms with van der Waals surface area (Å²) in [6, 6.07) is 14.4. The fourth-order valence-electron chi connectivity index (χ4n) is 1.80. The van der Waals surface area contributed by atoms with Gasteiger partial charge in [-0.1, -0.05) is 24.3 Å². The van der Waals surface area contributed by atoms with Crippen molar-refractivity contribution in [2.24, 2.45) is 0 Å². The van der Waals surface area contributed by atoms with Gasteiger partial charge in [0.25, 0.3) is 0 Å². The molecule has 1 unspecified atom stereocenters. The van der Waals surface area contributed by atoms with Gasteiger partial charge in [-0.05, 0) is 35.4 Å². The van der Waals surface area contributed by atoms with Gasteiger partial charge in [0.2, 0.25) is 0 Å². The Hall–Kier alpha value is -2.00. The molecule has 0 bridgehead atoms. The van der Waals surface area contributed by atoms with Crippen LogP contribution >= 0.6 is 0 Å². The van der Waals surface area contributed by atoms with Gasteiger partial charge in [-0.3, -0.25) is 0 Å². The van der Waals surface area contributed by atoms with Crippen molar-refractivity contribution < 1.29 is 10.2 Å². The molecule has 0 saturated heterocycles. The minimum atomic E-state index is -0.665. The smallest absolute Gasteiger partial charge is 0.115 e. The van der Waals surface area contributed by atoms with E-state index in [-0.39, 0.29) is 5.75 Å². The maximum Gasteiger partial charge on any atom is 0.115 e. The van der Waals surface area contributed by atoms with Crippen LogP contribution in [0.5, 0.6) is 5.75 Å². The van der Waals surface area contributed by atoms with E-state index in [1.54, 1.807) is 24.3 Å². The van der Waals surface area contributed by atoms with Crippen LogP contribution in [-0.4, -0.2) is 24.3 Å². The Labute approximate surface area is 107 Å². The first-order valence-electron chi connectivity index (χ1n) is 5.82. The van der Waals surface area contributed by atoms with Crippen molar-refractivity contribution >= 4 is 5.69 Å². The summed E-state index contributed by atoms with van der Waals surface area (Å²) in [4.78, 5) is 2.01. The van der Waals surface area contributed by atoms with Crippen molar-refractivity contribution in [3.05, 3.63) is 59.7 Å². The van der Waals surface area contributed by atoms with Crippen LogP contribution in [-0.2, 0) is 0 Å². The molecule has 3 heteroatoms. The topological polar surface area (TPSA) is 43.7 Å². The SMILES string of the molecule is CN(C)c1ccc(C(O)c2ccc(O)cc2)cc1. The van der Waals surface area contributed by atoms with E-state index in [1.165, 1.54) is 0 Å². The summed E-state index contributed by atoms with van der Waals surface area (Å²) < 4.78 is 0. The number of anilines is 1. The molecule has 94 valence electrons. The Morgan fingerprint density at radius 1 is 0.833 bits per heavy atom. The Morgan fingerprint density at radius 3 is 1.72 bits per heavy atom. The third kappa shape index (κ3) is 2.63. The van der Waals surface area contributed by atoms with E-state index in [2.05, 4.69) is 0 Å². The van der Waals surface area contributed by atoms with Crippen molar-refractivity contribution in [2.45, 2.75) is 6.10 Å². The molecule has 0 spiro atoms. The lowest BCUT2D eigenvalue weighted by Crippen LogP contribution is -2.08. The number of aliphatic hydroxyl groups excluding tert-OH is 1. The zero-order valence-corrected chi connectivity index (χ0v) is 10.5. The number of hydrogen-bond acceptors (Lipinski definition) is 3. The molecule has 0 aromatic heterocycles. The number of benzene rings is 2. The highest BCUT2D eigenvalue weighted by Crippen LogP contribution is 2.25. The summed E-state index contributed by atoms with van der Waals surface area (Å²) in [5.41, 5.74) is 2.70. The Kier molecular flexibility index (Phi) is 3.53. The summed E-state index contributed by atoms with van der Waals surface area (Å²) in [5, 5.41) is 19.4. The second kappa shape index (κ2) is 5.10. The highest BCUT2D eigenvalue weighted by Gasteiger charge is 2.10. The first kappa shape index (κ1) is 12.5. The molecule has 18 heavy (non-hydrogen) atoms. The summed E-state index contributed by atoms with van der Waals surface area (Å²) in [6.07, 6.45) is -0.665. The van der Waals surface area contributed by atoms with E-state index < -0.39 is 6.10 Å². The summed E-state index contributed by atoms with van der Waals surface area (Å²) in [6.45, 7) is 0. The highest BCUT2D eigenvalue weighted by atomic mass is 16.3. The van der Waals surface area contributed by atoms with Gasteiger partial charge in [0, 0.05) is 19.8 Å². The average molecular weight is 243 g/mol. The van der Waals surface area contributed by atoms with Crippen LogP contribution in [0.25, 0.3) is 0 Å². The molecule has 2 aromatic carbocycles. The fraction of sp³-hybridized carbons (Fsp3) is 0.200. The van der Waals surface area contributed by atoms with Crippen molar-refractivity contribution in [1.29, 1.82) is 0 Å². The molecule has 0 heterocycles. The lowest BCUT2D eigenvalue weighted by atomic mass is 10.0. The average Bonchev–Trinajstić information content (AvgIpc) is 2.39. The van der Waals surface area contributed by atoms with E-state index in [0.717, 1.165) is 16.8 Å². The van der Waals surface area contributed by atoms with Gasteiger partial charge in [-0.15, -0.1) is 0 Å². The number of nitrogens with zero attached hydrogens (tertiary/aromatic N) is 1. The van der Waals surface area contributed by atoms with E-state index in [9.17, 15) is 10.2 Å². The van der Waals surface area contributed by atoms with Crippen LogP contribution in [0, 0.1) is 0 Å². The van der Waals surface area contributed by atoms with Gasteiger partial charge >= 0.3 is 0 Å². The zero-order valence-electron chi connectivity index (χ0n) is 10.5. The van der Waals surface area contributed by atoms with E-state index in [4.69, 9.17) is 0 Å². The predicted molar refractivity (Wildman–Crippen MR) is 72.9 cm³/mol. The van der Waals surface area contributed by atoms with Gasteiger partial charge in [0.15, 0.2) is 0 Å². The molecular weight excluding hydrogens is 226 g/mol. The van der Waals surface area contributed by atoms with Crippen molar-refractivity contribution in [3.8, 4) is 5.75 Å². The minimum absolute atomic E-state index is 0.203. The maximum atomic E-state index is 10.2. The third-order valence-corrected chi connectivity index (χ3v) is 2.93. The largest absolute Gasteiger partial charge is 0.508 e. The second-order valence-electron chi connectivity index (χ2n) is 4.48. The second-order valence-corrected chi connectivity index (χ2v) is 4.48. The molecule has 0 fully saturated rings. The molecule has 0 saturated carbocycles. The number of rotatable bonds is 3. The molecule has 0 aliphatic heterocycles. The molecule has 0 aliphatic rings. The van der Waals surface area contributed by atoms with Gasteiger partial charge in [-0.25, -0.2) is 0 Å². The standard InChI is InChI=1S/C15H17NO2/c1-16(2)13-7-3-11(4-8-13)15(18)12-5-9-14(17)10-6-12/h3-10,15,17-18H,1-2H3.